The predicted octanol–water partition coefficient (Wildman–Crippen LogP) is 5.87. The van der Waals surface area contributed by atoms with E-state index in [1.807, 2.05) is 0 Å². The van der Waals surface area contributed by atoms with Gasteiger partial charge < -0.3 is 0 Å². The highest BCUT2D eigenvalue weighted by Crippen LogP contribution is 2.33. The molecule has 0 spiro atoms. The Morgan fingerprint density at radius 2 is 0.971 bits per heavy atom. The summed E-state index contributed by atoms with van der Waals surface area (Å²) in [5.41, 5.74) is 2.80. The van der Waals surface area contributed by atoms with E-state index in [-0.39, 0.29) is 0 Å². The number of aryl methyl sites for hydroxylation is 2. The first kappa shape index (κ1) is 22.4. The lowest BCUT2D eigenvalue weighted by molar-refractivity contribution is -0.687. The van der Waals surface area contributed by atoms with Gasteiger partial charge in [-0.25, -0.2) is 18.3 Å². The van der Waals surface area contributed by atoms with Gasteiger partial charge in [-0.2, -0.15) is 0 Å². The highest BCUT2D eigenvalue weighted by Gasteiger charge is 2.17. The number of benzene rings is 3. The van der Waals surface area contributed by atoms with E-state index in [0.717, 1.165) is 26.2 Å². The summed E-state index contributed by atoms with van der Waals surface area (Å²) in [5, 5.41) is 5.43. The number of unbranched alkanes of at least 4 members (excludes halogenated alkanes) is 2. The lowest BCUT2D eigenvalue weighted by atomic mass is 9.91. The molecule has 0 unspecified atom stereocenters. The number of hydrogen-bond donors (Lipinski definition) is 0. The maximum atomic E-state index is 2.33. The third kappa shape index (κ3) is 4.63. The van der Waals surface area contributed by atoms with Crippen molar-refractivity contribution in [2.75, 3.05) is 0 Å². The van der Waals surface area contributed by atoms with E-state index in [9.17, 15) is 0 Å². The Balaban J connectivity index is 1.57. The number of nitrogens with zero attached hydrogens (tertiary/aromatic N) is 4. The van der Waals surface area contributed by atoms with Crippen molar-refractivity contribution in [1.29, 1.82) is 0 Å². The minimum Gasteiger partial charge on any atom is -0.237 e. The fraction of sp³-hybridized carbons (Fsp3) is 0.333. The zero-order valence-corrected chi connectivity index (χ0v) is 20.5. The molecule has 0 aliphatic carbocycles. The molecule has 0 radical (unpaired) electrons. The van der Waals surface area contributed by atoms with Crippen LogP contribution < -0.4 is 9.13 Å². The fourth-order valence-corrected chi connectivity index (χ4v) is 5.03. The van der Waals surface area contributed by atoms with E-state index in [1.165, 1.54) is 58.4 Å². The van der Waals surface area contributed by atoms with Crippen LogP contribution >= 0.6 is 0 Å². The van der Waals surface area contributed by atoms with Crippen LogP contribution in [0.4, 0.5) is 0 Å². The molecule has 2 aromatic heterocycles. The van der Waals surface area contributed by atoms with Gasteiger partial charge in [-0.1, -0.05) is 75.2 Å². The highest BCUT2D eigenvalue weighted by molar-refractivity contribution is 6.05. The van der Waals surface area contributed by atoms with Gasteiger partial charge in [-0.3, -0.25) is 0 Å². The zero-order chi connectivity index (χ0) is 23.3. The van der Waals surface area contributed by atoms with Gasteiger partial charge in [0.25, 0.3) is 0 Å². The second kappa shape index (κ2) is 10.3. The number of imidazole rings is 2. The van der Waals surface area contributed by atoms with Gasteiger partial charge in [0.2, 0.25) is 12.7 Å². The van der Waals surface area contributed by atoms with Crippen molar-refractivity contribution >= 4 is 21.5 Å². The van der Waals surface area contributed by atoms with E-state index >= 15 is 0 Å². The first-order valence-corrected chi connectivity index (χ1v) is 12.8. The van der Waals surface area contributed by atoms with Crippen LogP contribution in [-0.2, 0) is 26.2 Å². The Hall–Kier alpha value is -3.40. The van der Waals surface area contributed by atoms with Gasteiger partial charge in [0.1, 0.15) is 37.9 Å². The maximum Gasteiger partial charge on any atom is 0.244 e. The van der Waals surface area contributed by atoms with E-state index in [0.29, 0.717) is 0 Å². The van der Waals surface area contributed by atoms with E-state index < -0.39 is 0 Å². The first-order chi connectivity index (χ1) is 16.8. The van der Waals surface area contributed by atoms with E-state index in [1.54, 1.807) is 0 Å². The smallest absolute Gasteiger partial charge is 0.237 e. The van der Waals surface area contributed by atoms with Gasteiger partial charge in [-0.15, -0.1) is 0 Å². The molecule has 5 rings (SSSR count). The Bertz CT molecular complexity index is 1230. The van der Waals surface area contributed by atoms with Crippen LogP contribution in [0, 0.1) is 0 Å². The summed E-state index contributed by atoms with van der Waals surface area (Å²) in [6, 6.07) is 17.9. The van der Waals surface area contributed by atoms with Crippen LogP contribution in [0.3, 0.4) is 0 Å². The molecule has 0 atom stereocenters. The molecule has 2 heterocycles. The Labute approximate surface area is 202 Å². The van der Waals surface area contributed by atoms with Gasteiger partial charge >= 0.3 is 0 Å². The van der Waals surface area contributed by atoms with Gasteiger partial charge in [0.15, 0.2) is 0 Å². The molecule has 0 saturated carbocycles. The quantitative estimate of drug-likeness (QED) is 0.186. The highest BCUT2D eigenvalue weighted by atomic mass is 15.1. The monoisotopic (exact) mass is 452 g/mol. The average molecular weight is 453 g/mol. The standard InChI is InChI=1S/C30H36N4/c1-3-5-15-31-17-19-33(23-31)21-29-25-11-7-9-13-27(25)30(28-14-10-8-12-26(28)29)22-34-20-18-32(24-34)16-6-4-2/h7-14,17-20,23-24H,3-6,15-16,21-22H2,1-2H3/q+2. The minimum absolute atomic E-state index is 0.876. The zero-order valence-electron chi connectivity index (χ0n) is 20.5. The maximum absolute atomic E-state index is 2.33. The molecule has 0 amide bonds. The Kier molecular flexibility index (Phi) is 6.75. The first-order valence-electron chi connectivity index (χ1n) is 12.8. The average Bonchev–Trinajstić information content (AvgIpc) is 3.52. The summed E-state index contributed by atoms with van der Waals surface area (Å²) in [7, 11) is 0. The summed E-state index contributed by atoms with van der Waals surface area (Å²) in [4.78, 5) is 0. The molecule has 174 valence electrons. The molecule has 0 aliphatic heterocycles. The second-order valence-corrected chi connectivity index (χ2v) is 9.40. The van der Waals surface area contributed by atoms with E-state index in [4.69, 9.17) is 0 Å². The lowest BCUT2D eigenvalue weighted by Gasteiger charge is -2.15. The summed E-state index contributed by atoms with van der Waals surface area (Å²) in [6.45, 7) is 8.41. The van der Waals surface area contributed by atoms with Crippen LogP contribution in [0.1, 0.15) is 50.7 Å². The van der Waals surface area contributed by atoms with Gasteiger partial charge in [-0.05, 0) is 34.4 Å². The molecular weight excluding hydrogens is 416 g/mol. The van der Waals surface area contributed by atoms with Crippen LogP contribution in [0.5, 0.6) is 0 Å². The topological polar surface area (TPSA) is 17.6 Å². The molecule has 34 heavy (non-hydrogen) atoms. The van der Waals surface area contributed by atoms with Crippen molar-refractivity contribution < 1.29 is 9.13 Å². The third-order valence-electron chi connectivity index (χ3n) is 6.87. The van der Waals surface area contributed by atoms with Gasteiger partial charge in [0, 0.05) is 11.1 Å². The third-order valence-corrected chi connectivity index (χ3v) is 6.87. The van der Waals surface area contributed by atoms with Crippen molar-refractivity contribution in [1.82, 2.24) is 9.13 Å². The SMILES string of the molecule is CCCCn1cc[n+](Cc2c3ccccc3c(C[n+]3ccn(CCCC)c3)c3ccccc23)c1. The Morgan fingerprint density at radius 3 is 1.32 bits per heavy atom. The van der Waals surface area contributed by atoms with Crippen molar-refractivity contribution in [3.05, 3.63) is 97.1 Å². The molecule has 0 aliphatic rings. The van der Waals surface area contributed by atoms with Crippen molar-refractivity contribution in [2.45, 2.75) is 65.7 Å². The largest absolute Gasteiger partial charge is 0.244 e. The van der Waals surface area contributed by atoms with Crippen LogP contribution in [-0.4, -0.2) is 9.13 Å². The molecule has 0 saturated heterocycles. The summed E-state index contributed by atoms with van der Waals surface area (Å²) in [5.74, 6) is 0. The summed E-state index contributed by atoms with van der Waals surface area (Å²) in [6.07, 6.45) is 18.2. The van der Waals surface area contributed by atoms with Crippen LogP contribution in [0.25, 0.3) is 21.5 Å². The summed E-state index contributed by atoms with van der Waals surface area (Å²) < 4.78 is 9.27. The Morgan fingerprint density at radius 1 is 0.588 bits per heavy atom. The predicted molar refractivity (Wildman–Crippen MR) is 139 cm³/mol. The molecule has 0 bridgehead atoms. The number of fused-ring (bicyclic) bond motifs is 2. The lowest BCUT2D eigenvalue weighted by Crippen LogP contribution is -2.33. The number of hydrogen-bond acceptors (Lipinski definition) is 0. The minimum atomic E-state index is 0.876. The molecule has 4 nitrogen and oxygen atoms in total. The molecule has 3 aromatic carbocycles. The number of rotatable bonds is 10. The van der Waals surface area contributed by atoms with Crippen molar-refractivity contribution in [3.63, 3.8) is 0 Å². The molecule has 5 aromatic rings. The van der Waals surface area contributed by atoms with Gasteiger partial charge in [0.05, 0.1) is 13.1 Å². The summed E-state index contributed by atoms with van der Waals surface area (Å²) >= 11 is 0. The molecule has 0 N–H and O–H groups in total. The fourth-order valence-electron chi connectivity index (χ4n) is 5.03. The van der Waals surface area contributed by atoms with Crippen LogP contribution in [0.2, 0.25) is 0 Å². The molecule has 4 heteroatoms. The molecular formula is C30H36N4+2. The van der Waals surface area contributed by atoms with Crippen LogP contribution in [0.15, 0.2) is 86.0 Å². The van der Waals surface area contributed by atoms with Crippen molar-refractivity contribution in [3.8, 4) is 0 Å². The second-order valence-electron chi connectivity index (χ2n) is 9.40. The van der Waals surface area contributed by atoms with Crippen molar-refractivity contribution in [2.24, 2.45) is 0 Å². The number of aromatic nitrogens is 4. The van der Waals surface area contributed by atoms with E-state index in [2.05, 4.69) is 118 Å². The normalized spacial score (nSPS) is 11.6. The molecule has 0 fully saturated rings.